The van der Waals surface area contributed by atoms with Crippen molar-refractivity contribution in [2.45, 2.75) is 52.6 Å². The van der Waals surface area contributed by atoms with E-state index in [9.17, 15) is 8.78 Å². The second-order valence-corrected chi connectivity index (χ2v) is 7.90. The molecule has 0 bridgehead atoms. The Kier molecular flexibility index (Phi) is 6.21. The van der Waals surface area contributed by atoms with E-state index in [4.69, 9.17) is 9.47 Å². The lowest BCUT2D eigenvalue weighted by atomic mass is 9.96. The Morgan fingerprint density at radius 3 is 2.16 bits per heavy atom. The highest BCUT2D eigenvalue weighted by molar-refractivity contribution is 5.54. The van der Waals surface area contributed by atoms with E-state index in [0.717, 1.165) is 18.4 Å². The highest BCUT2D eigenvalue weighted by Crippen LogP contribution is 2.43. The number of rotatable bonds is 7. The highest BCUT2D eigenvalue weighted by Gasteiger charge is 2.28. The fourth-order valence-electron chi connectivity index (χ4n) is 3.91. The molecule has 5 heteroatoms. The maximum atomic E-state index is 15.1. The average molecular weight is 426 g/mol. The van der Waals surface area contributed by atoms with Gasteiger partial charge in [0.1, 0.15) is 6.61 Å². The minimum Gasteiger partial charge on any atom is -0.486 e. The number of hydrogen-bond acceptors (Lipinski definition) is 2. The summed E-state index contributed by atoms with van der Waals surface area (Å²) in [6, 6.07) is 12.9. The van der Waals surface area contributed by atoms with E-state index in [1.165, 1.54) is 5.56 Å². The van der Waals surface area contributed by atoms with Gasteiger partial charge in [-0.1, -0.05) is 57.0 Å². The number of hydrogen-bond donors (Lipinski definition) is 0. The third-order valence-electron chi connectivity index (χ3n) is 5.52. The average Bonchev–Trinajstić information content (AvgIpc) is 2.77. The zero-order valence-electron chi connectivity index (χ0n) is 17.7. The second-order valence-electron chi connectivity index (χ2n) is 7.90. The topological polar surface area (TPSA) is 18.5 Å². The Balaban J connectivity index is 1.55. The van der Waals surface area contributed by atoms with Crippen LogP contribution in [0.4, 0.5) is 13.2 Å². The van der Waals surface area contributed by atoms with E-state index in [2.05, 4.69) is 6.92 Å². The van der Waals surface area contributed by atoms with Crippen LogP contribution in [0, 0.1) is 17.5 Å². The van der Waals surface area contributed by atoms with Crippen LogP contribution in [0.15, 0.2) is 42.5 Å². The van der Waals surface area contributed by atoms with Crippen molar-refractivity contribution in [3.63, 3.8) is 0 Å². The Morgan fingerprint density at radius 1 is 0.774 bits per heavy atom. The fourth-order valence-corrected chi connectivity index (χ4v) is 3.91. The molecule has 0 unspecified atom stereocenters. The minimum atomic E-state index is -1.07. The Bertz CT molecular complexity index is 1090. The van der Waals surface area contributed by atoms with Crippen molar-refractivity contribution in [2.75, 3.05) is 0 Å². The van der Waals surface area contributed by atoms with Gasteiger partial charge < -0.3 is 9.47 Å². The summed E-state index contributed by atoms with van der Waals surface area (Å²) in [5.74, 6) is -3.03. The standard InChI is InChI=1S/C26H25F3O2/c1-3-5-16-7-9-17(10-8-16)15-30-21-12-11-19-14-20-13-18(6-4-2)22(27)24(29)26(20)31-25(19)23(21)28/h7-13H,3-6,14-15H2,1-2H3. The van der Waals surface area contributed by atoms with Gasteiger partial charge in [-0.15, -0.1) is 0 Å². The van der Waals surface area contributed by atoms with Crippen LogP contribution in [0.1, 0.15) is 54.5 Å². The molecule has 0 fully saturated rings. The lowest BCUT2D eigenvalue weighted by molar-refractivity contribution is 0.282. The molecule has 3 aromatic rings. The van der Waals surface area contributed by atoms with Crippen LogP contribution in [0.2, 0.25) is 0 Å². The summed E-state index contributed by atoms with van der Waals surface area (Å²) in [5, 5.41) is 0. The molecular weight excluding hydrogens is 401 g/mol. The van der Waals surface area contributed by atoms with Crippen LogP contribution in [0.25, 0.3) is 0 Å². The van der Waals surface area contributed by atoms with Gasteiger partial charge in [-0.05, 0) is 41.7 Å². The third kappa shape index (κ3) is 4.27. The molecule has 2 nitrogen and oxygen atoms in total. The highest BCUT2D eigenvalue weighted by atomic mass is 19.2. The minimum absolute atomic E-state index is 0.0170. The van der Waals surface area contributed by atoms with Crippen molar-refractivity contribution >= 4 is 0 Å². The van der Waals surface area contributed by atoms with E-state index >= 15 is 4.39 Å². The van der Waals surface area contributed by atoms with Gasteiger partial charge in [-0.25, -0.2) is 4.39 Å². The molecule has 0 spiro atoms. The van der Waals surface area contributed by atoms with Gasteiger partial charge in [-0.2, -0.15) is 8.78 Å². The maximum Gasteiger partial charge on any atom is 0.207 e. The van der Waals surface area contributed by atoms with E-state index in [1.54, 1.807) is 18.2 Å². The molecule has 0 N–H and O–H groups in total. The molecule has 0 aliphatic carbocycles. The first-order chi connectivity index (χ1) is 15.0. The SMILES string of the molecule is CCCc1ccc(COc2ccc3c(c2F)Oc2c(cc(CCC)c(F)c2F)C3)cc1. The normalized spacial score (nSPS) is 12.2. The van der Waals surface area contributed by atoms with E-state index in [1.807, 2.05) is 31.2 Å². The first kappa shape index (κ1) is 21.3. The van der Waals surface area contributed by atoms with Crippen molar-refractivity contribution in [2.24, 2.45) is 0 Å². The van der Waals surface area contributed by atoms with Crippen LogP contribution in [0.3, 0.4) is 0 Å². The van der Waals surface area contributed by atoms with Gasteiger partial charge in [0.25, 0.3) is 0 Å². The smallest absolute Gasteiger partial charge is 0.207 e. The van der Waals surface area contributed by atoms with Crippen molar-refractivity contribution in [1.29, 1.82) is 0 Å². The zero-order valence-corrected chi connectivity index (χ0v) is 17.7. The molecule has 0 amide bonds. The lowest BCUT2D eigenvalue weighted by Crippen LogP contribution is -2.10. The van der Waals surface area contributed by atoms with Crippen LogP contribution in [-0.4, -0.2) is 0 Å². The van der Waals surface area contributed by atoms with Crippen LogP contribution >= 0.6 is 0 Å². The Labute approximate surface area is 180 Å². The molecule has 3 aromatic carbocycles. The molecular formula is C26H25F3O2. The maximum absolute atomic E-state index is 15.1. The third-order valence-corrected chi connectivity index (χ3v) is 5.52. The summed E-state index contributed by atoms with van der Waals surface area (Å²) >= 11 is 0. The van der Waals surface area contributed by atoms with Crippen LogP contribution < -0.4 is 9.47 Å². The van der Waals surface area contributed by atoms with E-state index < -0.39 is 17.5 Å². The second kappa shape index (κ2) is 9.04. The Morgan fingerprint density at radius 2 is 1.45 bits per heavy atom. The predicted octanol–water partition coefficient (Wildman–Crippen LogP) is 7.28. The van der Waals surface area contributed by atoms with Gasteiger partial charge in [0.05, 0.1) is 0 Å². The fraction of sp³-hybridized carbons (Fsp3) is 0.308. The van der Waals surface area contributed by atoms with Crippen molar-refractivity contribution in [3.05, 3.63) is 87.7 Å². The van der Waals surface area contributed by atoms with Crippen LogP contribution in [-0.2, 0) is 25.9 Å². The first-order valence-corrected chi connectivity index (χ1v) is 10.7. The van der Waals surface area contributed by atoms with Gasteiger partial charge in [0.2, 0.25) is 11.6 Å². The summed E-state index contributed by atoms with van der Waals surface area (Å²) in [6.07, 6.45) is 3.49. The molecule has 1 aliphatic rings. The first-order valence-electron chi connectivity index (χ1n) is 10.7. The van der Waals surface area contributed by atoms with Gasteiger partial charge in [0.15, 0.2) is 23.1 Å². The largest absolute Gasteiger partial charge is 0.486 e. The lowest BCUT2D eigenvalue weighted by Gasteiger charge is -2.23. The monoisotopic (exact) mass is 426 g/mol. The molecule has 31 heavy (non-hydrogen) atoms. The number of benzene rings is 3. The predicted molar refractivity (Wildman–Crippen MR) is 114 cm³/mol. The molecule has 4 rings (SSSR count). The number of fused-ring (bicyclic) bond motifs is 2. The molecule has 0 radical (unpaired) electrons. The van der Waals surface area contributed by atoms with Crippen molar-refractivity contribution in [1.82, 2.24) is 0 Å². The summed E-state index contributed by atoms with van der Waals surface area (Å²) < 4.78 is 55.2. The summed E-state index contributed by atoms with van der Waals surface area (Å²) in [4.78, 5) is 0. The summed E-state index contributed by atoms with van der Waals surface area (Å²) in [7, 11) is 0. The molecule has 0 aromatic heterocycles. The number of aryl methyl sites for hydroxylation is 2. The van der Waals surface area contributed by atoms with Crippen molar-refractivity contribution < 1.29 is 22.6 Å². The number of ether oxygens (including phenoxy) is 2. The summed E-state index contributed by atoms with van der Waals surface area (Å²) in [6.45, 7) is 4.22. The molecule has 162 valence electrons. The molecule has 0 saturated heterocycles. The Hall–Kier alpha value is -2.95. The molecule has 1 heterocycles. The summed E-state index contributed by atoms with van der Waals surface area (Å²) in [5.41, 5.74) is 3.58. The molecule has 1 aliphatic heterocycles. The zero-order chi connectivity index (χ0) is 22.0. The van der Waals surface area contributed by atoms with Crippen LogP contribution in [0.5, 0.6) is 17.2 Å². The molecule has 0 atom stereocenters. The number of halogens is 3. The van der Waals surface area contributed by atoms with Gasteiger partial charge >= 0.3 is 0 Å². The van der Waals surface area contributed by atoms with Gasteiger partial charge in [0, 0.05) is 17.5 Å². The van der Waals surface area contributed by atoms with E-state index in [0.29, 0.717) is 29.5 Å². The quantitative estimate of drug-likeness (QED) is 0.309. The van der Waals surface area contributed by atoms with Gasteiger partial charge in [-0.3, -0.25) is 0 Å². The van der Waals surface area contributed by atoms with E-state index in [-0.39, 0.29) is 30.3 Å². The van der Waals surface area contributed by atoms with Crippen molar-refractivity contribution in [3.8, 4) is 17.2 Å². The molecule has 0 saturated carbocycles.